The van der Waals surface area contributed by atoms with Gasteiger partial charge in [0.15, 0.2) is 0 Å². The molecule has 132 valence electrons. The fourth-order valence-corrected chi connectivity index (χ4v) is 2.66. The topological polar surface area (TPSA) is 89.9 Å². The summed E-state index contributed by atoms with van der Waals surface area (Å²) in [6.07, 6.45) is 6.09. The molecular formula is C20H15N5O2. The Kier molecular flexibility index (Phi) is 4.40. The lowest BCUT2D eigenvalue weighted by Gasteiger charge is -2.12. The first-order valence-electron chi connectivity index (χ1n) is 8.22. The SMILES string of the molecule is COc1ccc(-c2cnc3ccccc3n2)cc1NC(=O)c1cnccn1. The highest BCUT2D eigenvalue weighted by Gasteiger charge is 2.13. The quantitative estimate of drug-likeness (QED) is 0.602. The van der Waals surface area contributed by atoms with Crippen LogP contribution >= 0.6 is 0 Å². The lowest BCUT2D eigenvalue weighted by molar-refractivity contribution is 0.102. The molecule has 1 amide bonds. The number of aromatic nitrogens is 4. The van der Waals surface area contributed by atoms with Crippen molar-refractivity contribution in [2.24, 2.45) is 0 Å². The first-order valence-corrected chi connectivity index (χ1v) is 8.22. The number of benzene rings is 2. The molecule has 2 aromatic carbocycles. The summed E-state index contributed by atoms with van der Waals surface area (Å²) in [6, 6.07) is 13.1. The van der Waals surface area contributed by atoms with Gasteiger partial charge in [0.2, 0.25) is 0 Å². The predicted octanol–water partition coefficient (Wildman–Crippen LogP) is 3.35. The Morgan fingerprint density at radius 2 is 1.85 bits per heavy atom. The molecule has 27 heavy (non-hydrogen) atoms. The summed E-state index contributed by atoms with van der Waals surface area (Å²) in [7, 11) is 1.54. The first-order chi connectivity index (χ1) is 13.2. The van der Waals surface area contributed by atoms with Crippen molar-refractivity contribution in [1.29, 1.82) is 0 Å². The molecule has 7 heteroatoms. The number of fused-ring (bicyclic) bond motifs is 1. The number of ether oxygens (including phenoxy) is 1. The summed E-state index contributed by atoms with van der Waals surface area (Å²) in [5, 5.41) is 2.81. The number of hydrogen-bond donors (Lipinski definition) is 1. The van der Waals surface area contributed by atoms with Crippen molar-refractivity contribution < 1.29 is 9.53 Å². The molecular weight excluding hydrogens is 342 g/mol. The minimum Gasteiger partial charge on any atom is -0.495 e. The Hall–Kier alpha value is -3.87. The predicted molar refractivity (Wildman–Crippen MR) is 102 cm³/mol. The highest BCUT2D eigenvalue weighted by Crippen LogP contribution is 2.30. The van der Waals surface area contributed by atoms with Gasteiger partial charge in [-0.1, -0.05) is 12.1 Å². The van der Waals surface area contributed by atoms with Gasteiger partial charge in [-0.3, -0.25) is 14.8 Å². The van der Waals surface area contributed by atoms with E-state index in [0.29, 0.717) is 17.1 Å². The average Bonchev–Trinajstić information content (AvgIpc) is 2.74. The molecule has 0 saturated heterocycles. The molecule has 4 rings (SSSR count). The van der Waals surface area contributed by atoms with Crippen LogP contribution in [0.1, 0.15) is 10.5 Å². The van der Waals surface area contributed by atoms with Crippen molar-refractivity contribution in [3.05, 3.63) is 72.9 Å². The normalized spacial score (nSPS) is 10.6. The standard InChI is InChI=1S/C20H15N5O2/c1-27-19-7-6-13(17-12-23-14-4-2-3-5-15(14)24-17)10-16(19)25-20(26)18-11-21-8-9-22-18/h2-12H,1H3,(H,25,26). The number of para-hydroxylation sites is 2. The van der Waals surface area contributed by atoms with Crippen molar-refractivity contribution in [2.75, 3.05) is 12.4 Å². The summed E-state index contributed by atoms with van der Waals surface area (Å²) in [5.41, 5.74) is 3.87. The van der Waals surface area contributed by atoms with E-state index in [1.54, 1.807) is 25.4 Å². The van der Waals surface area contributed by atoms with Crippen LogP contribution in [0.5, 0.6) is 5.75 Å². The molecule has 0 aliphatic rings. The van der Waals surface area contributed by atoms with E-state index in [-0.39, 0.29) is 11.6 Å². The zero-order chi connectivity index (χ0) is 18.6. The van der Waals surface area contributed by atoms with Crippen LogP contribution < -0.4 is 10.1 Å². The monoisotopic (exact) mass is 357 g/mol. The van der Waals surface area contributed by atoms with E-state index in [0.717, 1.165) is 16.6 Å². The molecule has 1 N–H and O–H groups in total. The second kappa shape index (κ2) is 7.17. The second-order valence-electron chi connectivity index (χ2n) is 5.70. The Morgan fingerprint density at radius 1 is 1.00 bits per heavy atom. The Bertz CT molecular complexity index is 1120. The van der Waals surface area contributed by atoms with Gasteiger partial charge in [-0.05, 0) is 30.3 Å². The number of methoxy groups -OCH3 is 1. The molecule has 2 aromatic heterocycles. The maximum Gasteiger partial charge on any atom is 0.275 e. The molecule has 0 atom stereocenters. The van der Waals surface area contributed by atoms with Crippen LogP contribution in [0.25, 0.3) is 22.3 Å². The van der Waals surface area contributed by atoms with Gasteiger partial charge in [0.25, 0.3) is 5.91 Å². The van der Waals surface area contributed by atoms with Crippen molar-refractivity contribution in [1.82, 2.24) is 19.9 Å². The number of carbonyl (C=O) groups excluding carboxylic acids is 1. The molecule has 4 aromatic rings. The number of anilines is 1. The molecule has 0 unspecified atom stereocenters. The maximum absolute atomic E-state index is 12.4. The number of amides is 1. The van der Waals surface area contributed by atoms with E-state index >= 15 is 0 Å². The van der Waals surface area contributed by atoms with E-state index in [2.05, 4.69) is 25.3 Å². The summed E-state index contributed by atoms with van der Waals surface area (Å²) in [4.78, 5) is 29.4. The van der Waals surface area contributed by atoms with Gasteiger partial charge in [0, 0.05) is 18.0 Å². The Balaban J connectivity index is 1.70. The van der Waals surface area contributed by atoms with Crippen LogP contribution in [0.3, 0.4) is 0 Å². The minimum absolute atomic E-state index is 0.218. The molecule has 0 bridgehead atoms. The van der Waals surface area contributed by atoms with E-state index in [9.17, 15) is 4.79 Å². The van der Waals surface area contributed by atoms with Crippen molar-refractivity contribution in [2.45, 2.75) is 0 Å². The zero-order valence-corrected chi connectivity index (χ0v) is 14.5. The van der Waals surface area contributed by atoms with Crippen LogP contribution in [0, 0.1) is 0 Å². The van der Waals surface area contributed by atoms with Crippen LogP contribution in [-0.4, -0.2) is 33.0 Å². The van der Waals surface area contributed by atoms with Crippen molar-refractivity contribution in [3.8, 4) is 17.0 Å². The highest BCUT2D eigenvalue weighted by molar-refractivity contribution is 6.03. The van der Waals surface area contributed by atoms with Gasteiger partial charge >= 0.3 is 0 Å². The summed E-state index contributed by atoms with van der Waals surface area (Å²) in [5.74, 6) is 0.160. The third-order valence-corrected chi connectivity index (χ3v) is 3.99. The van der Waals surface area contributed by atoms with Crippen LogP contribution in [0.4, 0.5) is 5.69 Å². The molecule has 0 saturated carbocycles. The smallest absolute Gasteiger partial charge is 0.275 e. The summed E-state index contributed by atoms with van der Waals surface area (Å²) < 4.78 is 5.36. The summed E-state index contributed by atoms with van der Waals surface area (Å²) in [6.45, 7) is 0. The fourth-order valence-electron chi connectivity index (χ4n) is 2.66. The van der Waals surface area contributed by atoms with Gasteiger partial charge in [0.1, 0.15) is 11.4 Å². The second-order valence-corrected chi connectivity index (χ2v) is 5.70. The molecule has 0 radical (unpaired) electrons. The van der Waals surface area contributed by atoms with Gasteiger partial charge < -0.3 is 10.1 Å². The largest absolute Gasteiger partial charge is 0.495 e. The molecule has 2 heterocycles. The number of hydrogen-bond acceptors (Lipinski definition) is 6. The Labute approximate surface area is 155 Å². The minimum atomic E-state index is -0.372. The number of carbonyl (C=O) groups is 1. The van der Waals surface area contributed by atoms with Crippen molar-refractivity contribution in [3.63, 3.8) is 0 Å². The van der Waals surface area contributed by atoms with Crippen LogP contribution in [0.2, 0.25) is 0 Å². The zero-order valence-electron chi connectivity index (χ0n) is 14.5. The first kappa shape index (κ1) is 16.6. The molecule has 7 nitrogen and oxygen atoms in total. The van der Waals surface area contributed by atoms with Gasteiger partial charge in [-0.15, -0.1) is 0 Å². The lowest BCUT2D eigenvalue weighted by atomic mass is 10.1. The third-order valence-electron chi connectivity index (χ3n) is 3.99. The number of rotatable bonds is 4. The number of nitrogens with one attached hydrogen (secondary N) is 1. The van der Waals surface area contributed by atoms with E-state index < -0.39 is 0 Å². The van der Waals surface area contributed by atoms with E-state index in [4.69, 9.17) is 4.74 Å². The van der Waals surface area contributed by atoms with E-state index in [1.807, 2.05) is 30.3 Å². The molecule has 0 spiro atoms. The number of nitrogens with zero attached hydrogens (tertiary/aromatic N) is 4. The lowest BCUT2D eigenvalue weighted by Crippen LogP contribution is -2.14. The van der Waals surface area contributed by atoms with Gasteiger partial charge in [-0.2, -0.15) is 0 Å². The van der Waals surface area contributed by atoms with Crippen LogP contribution in [0.15, 0.2) is 67.3 Å². The summed E-state index contributed by atoms with van der Waals surface area (Å²) >= 11 is 0. The fraction of sp³-hybridized carbons (Fsp3) is 0.0500. The molecule has 0 fully saturated rings. The molecule has 0 aliphatic carbocycles. The van der Waals surface area contributed by atoms with Crippen LogP contribution in [-0.2, 0) is 0 Å². The van der Waals surface area contributed by atoms with E-state index in [1.165, 1.54) is 18.6 Å². The van der Waals surface area contributed by atoms with Gasteiger partial charge in [-0.25, -0.2) is 9.97 Å². The molecule has 0 aliphatic heterocycles. The third kappa shape index (κ3) is 3.43. The average molecular weight is 357 g/mol. The Morgan fingerprint density at radius 3 is 2.63 bits per heavy atom. The highest BCUT2D eigenvalue weighted by atomic mass is 16.5. The maximum atomic E-state index is 12.4. The van der Waals surface area contributed by atoms with Crippen molar-refractivity contribution >= 4 is 22.6 Å². The van der Waals surface area contributed by atoms with Gasteiger partial charge in [0.05, 0.1) is 41.9 Å².